The lowest BCUT2D eigenvalue weighted by molar-refractivity contribution is 0.0467. The van der Waals surface area contributed by atoms with Gasteiger partial charge in [0.15, 0.2) is 18.2 Å². The summed E-state index contributed by atoms with van der Waals surface area (Å²) in [5.74, 6) is -0.846. The average molecular weight is 458 g/mol. The Kier molecular flexibility index (Phi) is 7.14. The predicted octanol–water partition coefficient (Wildman–Crippen LogP) is 3.93. The highest BCUT2D eigenvalue weighted by Crippen LogP contribution is 2.26. The number of carbonyl (C=O) groups is 3. The van der Waals surface area contributed by atoms with Crippen LogP contribution in [-0.2, 0) is 9.47 Å². The molecule has 9 nitrogen and oxygen atoms in total. The molecule has 3 rings (SSSR count). The van der Waals surface area contributed by atoms with E-state index in [1.807, 2.05) is 0 Å². The molecule has 3 heterocycles. The summed E-state index contributed by atoms with van der Waals surface area (Å²) < 4.78 is 15.6. The first kappa shape index (κ1) is 23.3. The van der Waals surface area contributed by atoms with Crippen molar-refractivity contribution in [3.8, 4) is 11.6 Å². The maximum atomic E-state index is 12.8. The Balaban J connectivity index is 1.79. The summed E-state index contributed by atoms with van der Waals surface area (Å²) in [7, 11) is 0. The number of furan rings is 1. The Morgan fingerprint density at radius 1 is 1.09 bits per heavy atom. The summed E-state index contributed by atoms with van der Waals surface area (Å²) in [6, 6.07) is 3.44. The van der Waals surface area contributed by atoms with Gasteiger partial charge >= 0.3 is 11.9 Å². The number of aromatic amines is 1. The van der Waals surface area contributed by atoms with Crippen LogP contribution < -0.4 is 0 Å². The quantitative estimate of drug-likeness (QED) is 0.232. The fourth-order valence-corrected chi connectivity index (χ4v) is 3.91. The van der Waals surface area contributed by atoms with Gasteiger partial charge in [0.1, 0.15) is 16.3 Å². The number of ether oxygens (including phenoxy) is 2. The fraction of sp³-hybridized carbons (Fsp3) is 0.318. The molecule has 32 heavy (non-hydrogen) atoms. The van der Waals surface area contributed by atoms with Crippen molar-refractivity contribution < 1.29 is 28.3 Å². The van der Waals surface area contributed by atoms with E-state index in [1.54, 1.807) is 46.1 Å². The number of nitrogens with one attached hydrogen (secondary N) is 1. The van der Waals surface area contributed by atoms with E-state index in [4.69, 9.17) is 13.9 Å². The maximum absolute atomic E-state index is 12.8. The molecule has 0 aliphatic rings. The third-order valence-corrected chi connectivity index (χ3v) is 5.41. The molecule has 0 fully saturated rings. The Labute approximate surface area is 188 Å². The number of aryl methyl sites for hydroxylation is 2. The molecular formula is C22H23N3O6S. The van der Waals surface area contributed by atoms with Gasteiger partial charge in [0.2, 0.25) is 5.78 Å². The lowest BCUT2D eigenvalue weighted by Gasteiger charge is -2.11. The first-order valence-electron chi connectivity index (χ1n) is 9.81. The van der Waals surface area contributed by atoms with Crippen molar-refractivity contribution in [3.63, 3.8) is 0 Å². The van der Waals surface area contributed by atoms with Crippen LogP contribution in [-0.4, -0.2) is 52.1 Å². The molecule has 0 aliphatic carbocycles. The number of Topliss-reactive ketones (excluding diaryl/α,β-unsaturated/α-hetero) is 1. The number of ketones is 1. The van der Waals surface area contributed by atoms with Gasteiger partial charge in [-0.25, -0.2) is 19.6 Å². The number of rotatable bonds is 8. The van der Waals surface area contributed by atoms with Gasteiger partial charge in [0.25, 0.3) is 0 Å². The lowest BCUT2D eigenvalue weighted by atomic mass is 10.1. The van der Waals surface area contributed by atoms with E-state index in [2.05, 4.69) is 15.0 Å². The molecule has 3 aromatic rings. The number of carbonyl (C=O) groups excluding carboxylic acids is 3. The summed E-state index contributed by atoms with van der Waals surface area (Å²) in [4.78, 5) is 49.2. The lowest BCUT2D eigenvalue weighted by Crippen LogP contribution is -2.18. The highest BCUT2D eigenvalue weighted by atomic mass is 32.2. The minimum Gasteiger partial charge on any atom is -0.461 e. The van der Waals surface area contributed by atoms with Crippen LogP contribution in [0.25, 0.3) is 11.6 Å². The molecule has 0 spiro atoms. The van der Waals surface area contributed by atoms with Crippen LogP contribution in [0.1, 0.15) is 55.1 Å². The topological polar surface area (TPSA) is 124 Å². The van der Waals surface area contributed by atoms with E-state index in [0.717, 1.165) is 0 Å². The Morgan fingerprint density at radius 3 is 2.47 bits per heavy atom. The van der Waals surface area contributed by atoms with Crippen molar-refractivity contribution in [1.82, 2.24) is 15.0 Å². The van der Waals surface area contributed by atoms with Crippen LogP contribution >= 0.6 is 11.8 Å². The third-order valence-electron chi connectivity index (χ3n) is 4.73. The monoisotopic (exact) mass is 457 g/mol. The molecule has 0 aromatic carbocycles. The van der Waals surface area contributed by atoms with Gasteiger partial charge in [-0.3, -0.25) is 4.79 Å². The molecule has 0 atom stereocenters. The summed E-state index contributed by atoms with van der Waals surface area (Å²) in [5.41, 5.74) is 2.06. The largest absolute Gasteiger partial charge is 0.461 e. The molecule has 0 bridgehead atoms. The molecular weight excluding hydrogens is 434 g/mol. The van der Waals surface area contributed by atoms with E-state index >= 15 is 0 Å². The number of aromatic nitrogens is 3. The number of hydrogen-bond acceptors (Lipinski definition) is 9. The summed E-state index contributed by atoms with van der Waals surface area (Å²) in [6.45, 7) is 6.40. The van der Waals surface area contributed by atoms with Gasteiger partial charge < -0.3 is 18.9 Å². The minimum atomic E-state index is -0.706. The molecule has 3 aromatic heterocycles. The number of esters is 2. The number of H-pyrrole nitrogens is 1. The van der Waals surface area contributed by atoms with E-state index in [9.17, 15) is 14.4 Å². The van der Waals surface area contributed by atoms with E-state index in [0.29, 0.717) is 39.1 Å². The van der Waals surface area contributed by atoms with Crippen LogP contribution in [0.4, 0.5) is 0 Å². The zero-order valence-electron chi connectivity index (χ0n) is 18.4. The maximum Gasteiger partial charge on any atom is 0.355 e. The highest BCUT2D eigenvalue weighted by molar-refractivity contribution is 7.98. The van der Waals surface area contributed by atoms with E-state index in [-0.39, 0.29) is 17.9 Å². The number of hydrogen-bond donors (Lipinski definition) is 1. The van der Waals surface area contributed by atoms with Crippen molar-refractivity contribution in [2.24, 2.45) is 0 Å². The summed E-state index contributed by atoms with van der Waals surface area (Å²) >= 11 is 1.26. The van der Waals surface area contributed by atoms with Crippen LogP contribution in [0, 0.1) is 20.8 Å². The SMILES string of the molecule is CCOC(=O)c1[nH]c(C)c(C(=O)COC(=O)c2c(C)nc(-c3ccco3)nc2SC)c1C. The van der Waals surface area contributed by atoms with Crippen molar-refractivity contribution in [3.05, 3.63) is 52.2 Å². The first-order chi connectivity index (χ1) is 15.3. The van der Waals surface area contributed by atoms with Gasteiger partial charge in [0.05, 0.1) is 18.6 Å². The van der Waals surface area contributed by atoms with Crippen LogP contribution in [0.3, 0.4) is 0 Å². The van der Waals surface area contributed by atoms with Gasteiger partial charge in [-0.2, -0.15) is 0 Å². The molecule has 10 heteroatoms. The molecule has 168 valence electrons. The summed E-state index contributed by atoms with van der Waals surface area (Å²) in [5, 5.41) is 0.417. The smallest absolute Gasteiger partial charge is 0.355 e. The second-order valence-electron chi connectivity index (χ2n) is 6.84. The van der Waals surface area contributed by atoms with Crippen LogP contribution in [0.5, 0.6) is 0 Å². The molecule has 0 radical (unpaired) electrons. The van der Waals surface area contributed by atoms with Crippen molar-refractivity contribution in [2.45, 2.75) is 32.7 Å². The van der Waals surface area contributed by atoms with Gasteiger partial charge in [-0.15, -0.1) is 11.8 Å². The predicted molar refractivity (Wildman–Crippen MR) is 117 cm³/mol. The number of nitrogens with zero attached hydrogens (tertiary/aromatic N) is 2. The van der Waals surface area contributed by atoms with Crippen molar-refractivity contribution >= 4 is 29.5 Å². The first-order valence-corrected chi connectivity index (χ1v) is 11.0. The molecule has 0 aliphatic heterocycles. The van der Waals surface area contributed by atoms with Crippen molar-refractivity contribution in [1.29, 1.82) is 0 Å². The van der Waals surface area contributed by atoms with E-state index < -0.39 is 24.3 Å². The second kappa shape index (κ2) is 9.82. The van der Waals surface area contributed by atoms with Gasteiger partial charge in [-0.05, 0) is 51.6 Å². The molecule has 0 unspecified atom stereocenters. The highest BCUT2D eigenvalue weighted by Gasteiger charge is 2.25. The molecule has 1 N–H and O–H groups in total. The zero-order chi connectivity index (χ0) is 23.4. The van der Waals surface area contributed by atoms with E-state index in [1.165, 1.54) is 18.0 Å². The second-order valence-corrected chi connectivity index (χ2v) is 7.63. The van der Waals surface area contributed by atoms with Crippen LogP contribution in [0.15, 0.2) is 27.8 Å². The molecule has 0 amide bonds. The Bertz CT molecular complexity index is 1170. The molecule has 0 saturated heterocycles. The minimum absolute atomic E-state index is 0.190. The van der Waals surface area contributed by atoms with Gasteiger partial charge in [0, 0.05) is 11.3 Å². The summed E-state index contributed by atoms with van der Waals surface area (Å²) in [6.07, 6.45) is 3.29. The zero-order valence-corrected chi connectivity index (χ0v) is 19.2. The molecule has 0 saturated carbocycles. The Morgan fingerprint density at radius 2 is 1.84 bits per heavy atom. The third kappa shape index (κ3) is 4.59. The number of thioether (sulfide) groups is 1. The fourth-order valence-electron chi connectivity index (χ4n) is 3.30. The standard InChI is InChI=1S/C22H23N3O6S/c1-6-29-22(28)18-11(2)16(12(3)23-18)14(26)10-31-21(27)17-13(4)24-19(25-20(17)32-5)15-8-7-9-30-15/h7-9,23H,6,10H2,1-5H3. The van der Waals surface area contributed by atoms with Crippen molar-refractivity contribution in [2.75, 3.05) is 19.5 Å². The Hall–Kier alpha value is -3.40. The average Bonchev–Trinajstić information content (AvgIpc) is 3.39. The normalized spacial score (nSPS) is 10.8. The van der Waals surface area contributed by atoms with Crippen LogP contribution in [0.2, 0.25) is 0 Å². The van der Waals surface area contributed by atoms with Gasteiger partial charge in [-0.1, -0.05) is 0 Å².